The summed E-state index contributed by atoms with van der Waals surface area (Å²) in [5.74, 6) is 0.363. The van der Waals surface area contributed by atoms with Crippen LogP contribution in [0.1, 0.15) is 30.4 Å². The van der Waals surface area contributed by atoms with Crippen molar-refractivity contribution in [1.82, 2.24) is 4.90 Å². The van der Waals surface area contributed by atoms with Gasteiger partial charge in [0, 0.05) is 18.6 Å². The maximum absolute atomic E-state index is 12.3. The lowest BCUT2D eigenvalue weighted by Crippen LogP contribution is -2.35. The molecule has 2 aliphatic carbocycles. The molecule has 3 heteroatoms. The molecular formula is C15H20N2O. The number of nitrogens with two attached hydrogens (primary N) is 1. The molecule has 1 aromatic rings. The van der Waals surface area contributed by atoms with E-state index < -0.39 is 0 Å². The van der Waals surface area contributed by atoms with Gasteiger partial charge in [-0.15, -0.1) is 0 Å². The Balaban J connectivity index is 1.70. The van der Waals surface area contributed by atoms with E-state index in [2.05, 4.69) is 31.2 Å². The van der Waals surface area contributed by atoms with Crippen molar-refractivity contribution in [1.29, 1.82) is 0 Å². The first kappa shape index (κ1) is 11.7. The number of hydrogen-bond acceptors (Lipinski definition) is 2. The van der Waals surface area contributed by atoms with Gasteiger partial charge in [0.1, 0.15) is 0 Å². The number of nitrogens with zero attached hydrogens (tertiary/aromatic N) is 1. The molecule has 2 fully saturated rings. The molecule has 0 bridgehead atoms. The van der Waals surface area contributed by atoms with Crippen molar-refractivity contribution in [2.75, 3.05) is 0 Å². The molecule has 0 aliphatic heterocycles. The minimum atomic E-state index is 0.0936. The van der Waals surface area contributed by atoms with E-state index in [4.69, 9.17) is 5.73 Å². The van der Waals surface area contributed by atoms with E-state index in [1.165, 1.54) is 11.1 Å². The number of carbonyl (C=O) groups is 1. The maximum atomic E-state index is 12.3. The van der Waals surface area contributed by atoms with E-state index in [1.54, 1.807) is 0 Å². The summed E-state index contributed by atoms with van der Waals surface area (Å²) in [4.78, 5) is 14.4. The molecule has 0 heterocycles. The Labute approximate surface area is 108 Å². The van der Waals surface area contributed by atoms with Crippen LogP contribution in [0.4, 0.5) is 0 Å². The molecule has 3 nitrogen and oxygen atoms in total. The second kappa shape index (κ2) is 4.39. The van der Waals surface area contributed by atoms with Gasteiger partial charge in [0.2, 0.25) is 5.91 Å². The standard InChI is InChI=1S/C15H20N2O/c1-10-2-4-11(5-3-10)9-17(12-6-7-12)15(18)13-8-14(13)16/h2-5,12-14H,6-9,16H2,1H3. The summed E-state index contributed by atoms with van der Waals surface area (Å²) in [7, 11) is 0. The second-order valence-electron chi connectivity index (χ2n) is 5.69. The number of carbonyl (C=O) groups excluding carboxylic acids is 1. The Morgan fingerprint density at radius 1 is 1.33 bits per heavy atom. The molecule has 0 aromatic heterocycles. The summed E-state index contributed by atoms with van der Waals surface area (Å²) in [6.45, 7) is 2.82. The molecule has 0 saturated heterocycles. The highest BCUT2D eigenvalue weighted by Gasteiger charge is 2.45. The summed E-state index contributed by atoms with van der Waals surface area (Å²) in [6, 6.07) is 9.01. The van der Waals surface area contributed by atoms with Crippen molar-refractivity contribution >= 4 is 5.91 Å². The van der Waals surface area contributed by atoms with Gasteiger partial charge in [-0.3, -0.25) is 4.79 Å². The van der Waals surface area contributed by atoms with Crippen molar-refractivity contribution < 1.29 is 4.79 Å². The maximum Gasteiger partial charge on any atom is 0.227 e. The monoisotopic (exact) mass is 244 g/mol. The summed E-state index contributed by atoms with van der Waals surface area (Å²) in [5, 5.41) is 0. The molecular weight excluding hydrogens is 224 g/mol. The Hall–Kier alpha value is -1.35. The fourth-order valence-corrected chi connectivity index (χ4v) is 2.37. The predicted molar refractivity (Wildman–Crippen MR) is 70.8 cm³/mol. The quantitative estimate of drug-likeness (QED) is 0.878. The molecule has 2 unspecified atom stereocenters. The third-order valence-corrected chi connectivity index (χ3v) is 3.90. The van der Waals surface area contributed by atoms with Gasteiger partial charge in [-0.25, -0.2) is 0 Å². The molecule has 0 spiro atoms. The second-order valence-corrected chi connectivity index (χ2v) is 5.69. The average molecular weight is 244 g/mol. The normalized spacial score (nSPS) is 25.9. The van der Waals surface area contributed by atoms with E-state index in [0.29, 0.717) is 6.04 Å². The summed E-state index contributed by atoms with van der Waals surface area (Å²) >= 11 is 0. The Bertz CT molecular complexity index is 450. The van der Waals surface area contributed by atoms with Crippen LogP contribution in [0.15, 0.2) is 24.3 Å². The molecule has 2 saturated carbocycles. The number of amides is 1. The summed E-state index contributed by atoms with van der Waals surface area (Å²) in [5.41, 5.74) is 8.27. The molecule has 1 amide bonds. The molecule has 96 valence electrons. The topological polar surface area (TPSA) is 46.3 Å². The van der Waals surface area contributed by atoms with Crippen LogP contribution in [0, 0.1) is 12.8 Å². The third-order valence-electron chi connectivity index (χ3n) is 3.90. The van der Waals surface area contributed by atoms with Gasteiger partial charge in [0.15, 0.2) is 0 Å². The Kier molecular flexibility index (Phi) is 2.86. The highest BCUT2D eigenvalue weighted by atomic mass is 16.2. The van der Waals surface area contributed by atoms with E-state index >= 15 is 0 Å². The van der Waals surface area contributed by atoms with Gasteiger partial charge in [-0.1, -0.05) is 29.8 Å². The first-order chi connectivity index (χ1) is 8.65. The van der Waals surface area contributed by atoms with Crippen molar-refractivity contribution in [3.8, 4) is 0 Å². The molecule has 3 rings (SSSR count). The SMILES string of the molecule is Cc1ccc(CN(C(=O)C2CC2N)C2CC2)cc1. The van der Waals surface area contributed by atoms with Gasteiger partial charge in [-0.2, -0.15) is 0 Å². The van der Waals surface area contributed by atoms with Crippen LogP contribution in [-0.2, 0) is 11.3 Å². The summed E-state index contributed by atoms with van der Waals surface area (Å²) in [6.07, 6.45) is 3.18. The van der Waals surface area contributed by atoms with E-state index in [-0.39, 0.29) is 17.9 Å². The fraction of sp³-hybridized carbons (Fsp3) is 0.533. The number of hydrogen-bond donors (Lipinski definition) is 1. The molecule has 18 heavy (non-hydrogen) atoms. The zero-order chi connectivity index (χ0) is 12.7. The van der Waals surface area contributed by atoms with Gasteiger partial charge < -0.3 is 10.6 Å². The minimum absolute atomic E-state index is 0.0936. The van der Waals surface area contributed by atoms with Crippen molar-refractivity contribution in [2.45, 2.75) is 44.8 Å². The lowest BCUT2D eigenvalue weighted by molar-refractivity contribution is -0.133. The summed E-state index contributed by atoms with van der Waals surface area (Å²) < 4.78 is 0. The van der Waals surface area contributed by atoms with Crippen molar-refractivity contribution in [2.24, 2.45) is 11.7 Å². The predicted octanol–water partition coefficient (Wildman–Crippen LogP) is 1.83. The zero-order valence-electron chi connectivity index (χ0n) is 10.8. The average Bonchev–Trinajstić information content (AvgIpc) is 3.23. The van der Waals surface area contributed by atoms with E-state index in [1.807, 2.05) is 4.90 Å². The fourth-order valence-electron chi connectivity index (χ4n) is 2.37. The Morgan fingerprint density at radius 2 is 1.94 bits per heavy atom. The minimum Gasteiger partial charge on any atom is -0.335 e. The number of aryl methyl sites for hydroxylation is 1. The molecule has 1 aromatic carbocycles. The van der Waals surface area contributed by atoms with Crippen LogP contribution < -0.4 is 5.73 Å². The number of benzene rings is 1. The molecule has 2 aliphatic rings. The van der Waals surface area contributed by atoms with Gasteiger partial charge in [0.25, 0.3) is 0 Å². The lowest BCUT2D eigenvalue weighted by Gasteiger charge is -2.22. The molecule has 0 radical (unpaired) electrons. The first-order valence-electron chi connectivity index (χ1n) is 6.77. The van der Waals surface area contributed by atoms with Crippen LogP contribution in [0.5, 0.6) is 0 Å². The van der Waals surface area contributed by atoms with Crippen LogP contribution in [0.25, 0.3) is 0 Å². The van der Waals surface area contributed by atoms with Crippen molar-refractivity contribution in [3.05, 3.63) is 35.4 Å². The first-order valence-corrected chi connectivity index (χ1v) is 6.77. The highest BCUT2D eigenvalue weighted by Crippen LogP contribution is 2.36. The van der Waals surface area contributed by atoms with Crippen LogP contribution in [0.2, 0.25) is 0 Å². The van der Waals surface area contributed by atoms with E-state index in [9.17, 15) is 4.79 Å². The van der Waals surface area contributed by atoms with E-state index in [0.717, 1.165) is 25.8 Å². The third kappa shape index (κ3) is 2.41. The largest absolute Gasteiger partial charge is 0.335 e. The Morgan fingerprint density at radius 3 is 2.44 bits per heavy atom. The zero-order valence-corrected chi connectivity index (χ0v) is 10.8. The van der Waals surface area contributed by atoms with Gasteiger partial charge in [-0.05, 0) is 31.7 Å². The smallest absolute Gasteiger partial charge is 0.227 e. The molecule has 2 atom stereocenters. The lowest BCUT2D eigenvalue weighted by atomic mass is 10.1. The van der Waals surface area contributed by atoms with Gasteiger partial charge in [0.05, 0.1) is 5.92 Å². The number of rotatable bonds is 4. The molecule has 2 N–H and O–H groups in total. The van der Waals surface area contributed by atoms with Crippen LogP contribution >= 0.6 is 0 Å². The highest BCUT2D eigenvalue weighted by molar-refractivity contribution is 5.83. The van der Waals surface area contributed by atoms with Crippen molar-refractivity contribution in [3.63, 3.8) is 0 Å². The van der Waals surface area contributed by atoms with Gasteiger partial charge >= 0.3 is 0 Å². The van der Waals surface area contributed by atoms with Crippen LogP contribution in [0.3, 0.4) is 0 Å². The van der Waals surface area contributed by atoms with Crippen LogP contribution in [-0.4, -0.2) is 22.9 Å².